The van der Waals surface area contributed by atoms with Crippen molar-refractivity contribution in [2.75, 3.05) is 0 Å². The van der Waals surface area contributed by atoms with Gasteiger partial charge in [-0.15, -0.1) is 0 Å². The second kappa shape index (κ2) is 9.22. The Morgan fingerprint density at radius 3 is 2.56 bits per heavy atom. The summed E-state index contributed by atoms with van der Waals surface area (Å²) in [6.45, 7) is 12.7. The van der Waals surface area contributed by atoms with Crippen molar-refractivity contribution in [1.82, 2.24) is 15.1 Å². The molecule has 132 valence electrons. The van der Waals surface area contributed by atoms with Gasteiger partial charge in [0, 0.05) is 28.9 Å². The summed E-state index contributed by atoms with van der Waals surface area (Å²) in [5.74, 6) is -0.679. The van der Waals surface area contributed by atoms with E-state index in [4.69, 9.17) is 5.73 Å². The van der Waals surface area contributed by atoms with Gasteiger partial charge in [-0.3, -0.25) is 4.79 Å². The van der Waals surface area contributed by atoms with Crippen molar-refractivity contribution in [2.45, 2.75) is 20.8 Å². The number of carbonyl (C=O) groups is 1. The van der Waals surface area contributed by atoms with E-state index in [9.17, 15) is 9.18 Å². The van der Waals surface area contributed by atoms with Crippen LogP contribution >= 0.6 is 0 Å². The van der Waals surface area contributed by atoms with Crippen molar-refractivity contribution >= 4 is 12.0 Å². The number of hydrogen-bond acceptors (Lipinski definition) is 4. The smallest absolute Gasteiger partial charge is 0.152 e. The maximum absolute atomic E-state index is 13.6. The molecule has 3 N–H and O–H groups in total. The average Bonchev–Trinajstić information content (AvgIpc) is 3.01. The highest BCUT2D eigenvalue weighted by Gasteiger charge is 2.07. The van der Waals surface area contributed by atoms with Crippen molar-refractivity contribution in [2.24, 2.45) is 5.73 Å². The molecule has 0 saturated heterocycles. The van der Waals surface area contributed by atoms with Crippen LogP contribution in [0.25, 0.3) is 5.70 Å². The van der Waals surface area contributed by atoms with Crippen LogP contribution in [-0.2, 0) is 4.79 Å². The van der Waals surface area contributed by atoms with Gasteiger partial charge in [-0.05, 0) is 44.6 Å². The lowest BCUT2D eigenvalue weighted by atomic mass is 10.1. The van der Waals surface area contributed by atoms with Gasteiger partial charge in [-0.1, -0.05) is 19.2 Å². The fourth-order valence-electron chi connectivity index (χ4n) is 1.81. The Hall–Kier alpha value is -3.15. The standard InChI is InChI=1S/C19H23FN4O/c1-6-17(9-18(7-2)24-11-13(3)10-22-24)23-15(5)16(12-25)8-19(20)14(4)21/h6-12,23H,2,5,21H2,1,3-4H3/b16-8-,17-6+,18-9+,19-14-. The molecule has 1 heterocycles. The predicted octanol–water partition coefficient (Wildman–Crippen LogP) is 3.51. The average molecular weight is 342 g/mol. The first-order valence-electron chi connectivity index (χ1n) is 7.59. The van der Waals surface area contributed by atoms with Crippen molar-refractivity contribution in [3.05, 3.63) is 83.9 Å². The number of carbonyl (C=O) groups excluding carboxylic acids is 1. The summed E-state index contributed by atoms with van der Waals surface area (Å²) >= 11 is 0. The first-order chi connectivity index (χ1) is 11.8. The molecule has 5 nitrogen and oxygen atoms in total. The third-order valence-electron chi connectivity index (χ3n) is 3.23. The molecule has 0 aliphatic carbocycles. The zero-order chi connectivity index (χ0) is 19.0. The van der Waals surface area contributed by atoms with Gasteiger partial charge < -0.3 is 11.1 Å². The molecule has 0 fully saturated rings. The lowest BCUT2D eigenvalue weighted by Crippen LogP contribution is -2.14. The Morgan fingerprint density at radius 1 is 1.44 bits per heavy atom. The van der Waals surface area contributed by atoms with Gasteiger partial charge >= 0.3 is 0 Å². The van der Waals surface area contributed by atoms with Crippen LogP contribution in [-0.4, -0.2) is 16.1 Å². The van der Waals surface area contributed by atoms with E-state index in [1.165, 1.54) is 6.92 Å². The van der Waals surface area contributed by atoms with Crippen LogP contribution in [0.1, 0.15) is 19.4 Å². The molecule has 0 atom stereocenters. The molecule has 0 spiro atoms. The minimum Gasteiger partial charge on any atom is -0.400 e. The van der Waals surface area contributed by atoms with Crippen LogP contribution in [0.3, 0.4) is 0 Å². The van der Waals surface area contributed by atoms with Gasteiger partial charge in [0.05, 0.1) is 11.9 Å². The minimum absolute atomic E-state index is 0.0127. The lowest BCUT2D eigenvalue weighted by Gasteiger charge is -2.12. The maximum Gasteiger partial charge on any atom is 0.152 e. The van der Waals surface area contributed by atoms with Crippen molar-refractivity contribution < 1.29 is 9.18 Å². The third kappa shape index (κ3) is 5.76. The zero-order valence-electron chi connectivity index (χ0n) is 14.7. The largest absolute Gasteiger partial charge is 0.400 e. The van der Waals surface area contributed by atoms with Crippen molar-refractivity contribution in [3.8, 4) is 0 Å². The number of rotatable bonds is 8. The van der Waals surface area contributed by atoms with Gasteiger partial charge in [0.15, 0.2) is 6.29 Å². The molecular weight excluding hydrogens is 319 g/mol. The van der Waals surface area contributed by atoms with E-state index >= 15 is 0 Å². The van der Waals surface area contributed by atoms with E-state index in [0.717, 1.165) is 17.3 Å². The molecule has 1 aromatic heterocycles. The van der Waals surface area contributed by atoms with Crippen LogP contribution in [0.15, 0.2) is 78.3 Å². The van der Waals surface area contributed by atoms with Gasteiger partial charge in [0.2, 0.25) is 0 Å². The van der Waals surface area contributed by atoms with Gasteiger partial charge in [-0.2, -0.15) is 5.10 Å². The molecule has 0 saturated carbocycles. The highest BCUT2D eigenvalue weighted by atomic mass is 19.1. The Bertz CT molecular complexity index is 790. The summed E-state index contributed by atoms with van der Waals surface area (Å²) in [6, 6.07) is 0. The van der Waals surface area contributed by atoms with Gasteiger partial charge in [-0.25, -0.2) is 9.07 Å². The Labute approximate surface area is 147 Å². The van der Waals surface area contributed by atoms with Crippen molar-refractivity contribution in [3.63, 3.8) is 0 Å². The third-order valence-corrected chi connectivity index (χ3v) is 3.23. The number of nitrogens with zero attached hydrogens (tertiary/aromatic N) is 2. The molecule has 0 unspecified atom stereocenters. The van der Waals surface area contributed by atoms with Crippen LogP contribution in [0.2, 0.25) is 0 Å². The Kier molecular flexibility index (Phi) is 7.34. The molecule has 0 bridgehead atoms. The Balaban J connectivity index is 3.07. The molecule has 0 amide bonds. The van der Waals surface area contributed by atoms with Crippen LogP contribution < -0.4 is 11.1 Å². The van der Waals surface area contributed by atoms with Crippen LogP contribution in [0.5, 0.6) is 0 Å². The highest BCUT2D eigenvalue weighted by molar-refractivity contribution is 5.80. The SMILES string of the molecule is C=C/C(=C\C(=C/C)NC(=C)/C(C=O)=C\C(F)=C(/C)N)n1cc(C)cn1. The summed E-state index contributed by atoms with van der Waals surface area (Å²) in [7, 11) is 0. The second-order valence-electron chi connectivity index (χ2n) is 5.33. The predicted molar refractivity (Wildman–Crippen MR) is 99.6 cm³/mol. The molecule has 0 aliphatic heterocycles. The fraction of sp³-hybridized carbons (Fsp3) is 0.158. The molecule has 1 aromatic rings. The van der Waals surface area contributed by atoms with Gasteiger partial charge in [0.25, 0.3) is 0 Å². The topological polar surface area (TPSA) is 72.9 Å². The normalized spacial score (nSPS) is 14.0. The Morgan fingerprint density at radius 2 is 2.12 bits per heavy atom. The summed E-state index contributed by atoms with van der Waals surface area (Å²) in [5.41, 5.74) is 8.05. The van der Waals surface area contributed by atoms with E-state index in [-0.39, 0.29) is 17.0 Å². The number of hydrogen-bond donors (Lipinski definition) is 2. The second-order valence-corrected chi connectivity index (χ2v) is 5.33. The number of nitrogens with one attached hydrogen (secondary N) is 1. The van der Waals surface area contributed by atoms with Crippen LogP contribution in [0, 0.1) is 6.92 Å². The van der Waals surface area contributed by atoms with E-state index < -0.39 is 5.83 Å². The number of aldehydes is 1. The summed E-state index contributed by atoms with van der Waals surface area (Å²) in [4.78, 5) is 11.2. The number of nitrogens with two attached hydrogens (primary N) is 1. The van der Waals surface area contributed by atoms with E-state index in [1.807, 2.05) is 20.0 Å². The first kappa shape index (κ1) is 19.9. The van der Waals surface area contributed by atoms with E-state index in [1.54, 1.807) is 29.1 Å². The molecule has 0 radical (unpaired) electrons. The van der Waals surface area contributed by atoms with Crippen molar-refractivity contribution in [1.29, 1.82) is 0 Å². The lowest BCUT2D eigenvalue weighted by molar-refractivity contribution is -0.104. The molecule has 6 heteroatoms. The highest BCUT2D eigenvalue weighted by Crippen LogP contribution is 2.14. The molecule has 0 aromatic carbocycles. The minimum atomic E-state index is -0.679. The molecule has 25 heavy (non-hydrogen) atoms. The number of aromatic nitrogens is 2. The molecular formula is C19H23FN4O. The first-order valence-corrected chi connectivity index (χ1v) is 7.59. The summed E-state index contributed by atoms with van der Waals surface area (Å²) in [6.07, 6.45) is 10.4. The zero-order valence-corrected chi connectivity index (χ0v) is 14.7. The summed E-state index contributed by atoms with van der Waals surface area (Å²) < 4.78 is 15.3. The van der Waals surface area contributed by atoms with E-state index in [2.05, 4.69) is 23.6 Å². The van der Waals surface area contributed by atoms with Gasteiger partial charge in [0.1, 0.15) is 5.83 Å². The molecule has 1 rings (SSSR count). The van der Waals surface area contributed by atoms with E-state index in [0.29, 0.717) is 12.0 Å². The monoisotopic (exact) mass is 342 g/mol. The van der Waals surface area contributed by atoms with Crippen LogP contribution in [0.4, 0.5) is 4.39 Å². The quantitative estimate of drug-likeness (QED) is 0.431. The number of halogens is 1. The molecule has 0 aliphatic rings. The number of allylic oxidation sites excluding steroid dienone is 8. The maximum atomic E-state index is 13.6. The summed E-state index contributed by atoms with van der Waals surface area (Å²) in [5, 5.41) is 7.20. The fourth-order valence-corrected chi connectivity index (χ4v) is 1.81. The number of aryl methyl sites for hydroxylation is 1.